The van der Waals surface area contributed by atoms with Crippen LogP contribution in [-0.2, 0) is 13.1 Å². The molecule has 0 bridgehead atoms. The zero-order chi connectivity index (χ0) is 18.1. The minimum Gasteiger partial charge on any atom is -0.454 e. The lowest BCUT2D eigenvalue weighted by molar-refractivity contribution is 0.174. The number of ether oxygens (including phenoxy) is 2. The third-order valence-electron chi connectivity index (χ3n) is 4.20. The van der Waals surface area contributed by atoms with E-state index in [1.165, 1.54) is 0 Å². The summed E-state index contributed by atoms with van der Waals surface area (Å²) in [5.41, 5.74) is 1.49. The Morgan fingerprint density at radius 1 is 0.808 bits per heavy atom. The average molecular weight is 371 g/mol. The Morgan fingerprint density at radius 2 is 1.38 bits per heavy atom. The van der Waals surface area contributed by atoms with Crippen molar-refractivity contribution in [1.29, 1.82) is 0 Å². The maximum atomic E-state index is 11.9. The van der Waals surface area contributed by atoms with Crippen LogP contribution in [-0.4, -0.2) is 6.79 Å². The van der Waals surface area contributed by atoms with E-state index < -0.39 is 10.9 Å². The van der Waals surface area contributed by atoms with Crippen LogP contribution in [0.2, 0.25) is 5.02 Å². The maximum absolute atomic E-state index is 11.9. The van der Waals surface area contributed by atoms with E-state index in [1.807, 2.05) is 30.3 Å². The molecule has 3 aromatic rings. The van der Waals surface area contributed by atoms with Crippen LogP contribution in [0.15, 0.2) is 52.1 Å². The molecule has 0 atom stereocenters. The Morgan fingerprint density at radius 3 is 2.08 bits per heavy atom. The second kappa shape index (κ2) is 6.72. The highest BCUT2D eigenvalue weighted by Gasteiger charge is 2.21. The normalized spacial score (nSPS) is 12.3. The Kier molecular flexibility index (Phi) is 4.26. The molecule has 0 fully saturated rings. The highest BCUT2D eigenvalue weighted by atomic mass is 35.5. The monoisotopic (exact) mass is 370 g/mol. The Bertz CT molecular complexity index is 1020. The lowest BCUT2D eigenvalue weighted by atomic mass is 10.1. The van der Waals surface area contributed by atoms with E-state index in [-0.39, 0.29) is 6.79 Å². The summed E-state index contributed by atoms with van der Waals surface area (Å²) in [5, 5.41) is 6.70. The van der Waals surface area contributed by atoms with Crippen molar-refractivity contribution in [1.82, 2.24) is 0 Å². The summed E-state index contributed by atoms with van der Waals surface area (Å²) in [4.78, 5) is 23.7. The number of rotatable bonds is 6. The van der Waals surface area contributed by atoms with Gasteiger partial charge in [-0.15, -0.1) is 0 Å². The van der Waals surface area contributed by atoms with E-state index in [4.69, 9.17) is 21.1 Å². The van der Waals surface area contributed by atoms with Gasteiger partial charge in [0.25, 0.3) is 10.9 Å². The molecule has 0 aromatic heterocycles. The van der Waals surface area contributed by atoms with Crippen LogP contribution in [0, 0.1) is 0 Å². The molecular formula is C19H15ClN2O4. The second-order valence-electron chi connectivity index (χ2n) is 5.93. The molecule has 7 heteroatoms. The van der Waals surface area contributed by atoms with Crippen LogP contribution in [0.4, 0.5) is 11.4 Å². The van der Waals surface area contributed by atoms with Gasteiger partial charge in [0, 0.05) is 18.1 Å². The third-order valence-corrected chi connectivity index (χ3v) is 4.45. The van der Waals surface area contributed by atoms with Crippen LogP contribution in [0.25, 0.3) is 0 Å². The van der Waals surface area contributed by atoms with Gasteiger partial charge in [-0.2, -0.15) is 0 Å². The van der Waals surface area contributed by atoms with Crippen molar-refractivity contribution in [3.8, 4) is 11.5 Å². The van der Waals surface area contributed by atoms with Gasteiger partial charge < -0.3 is 20.1 Å². The van der Waals surface area contributed by atoms with E-state index >= 15 is 0 Å². The number of halogens is 1. The fourth-order valence-corrected chi connectivity index (χ4v) is 2.89. The fraction of sp³-hybridized carbons (Fsp3) is 0.158. The topological polar surface area (TPSA) is 76.7 Å². The quantitative estimate of drug-likeness (QED) is 0.650. The van der Waals surface area contributed by atoms with Gasteiger partial charge in [-0.3, -0.25) is 9.59 Å². The summed E-state index contributed by atoms with van der Waals surface area (Å²) in [6.07, 6.45) is 0. The van der Waals surface area contributed by atoms with Crippen molar-refractivity contribution < 1.29 is 9.47 Å². The second-order valence-corrected chi connectivity index (χ2v) is 6.37. The van der Waals surface area contributed by atoms with Crippen molar-refractivity contribution in [3.63, 3.8) is 0 Å². The lowest BCUT2D eigenvalue weighted by Crippen LogP contribution is -2.37. The van der Waals surface area contributed by atoms with Crippen LogP contribution < -0.4 is 31.0 Å². The molecule has 26 heavy (non-hydrogen) atoms. The smallest absolute Gasteiger partial charge is 0.253 e. The number of hydrogen-bond acceptors (Lipinski definition) is 6. The summed E-state index contributed by atoms with van der Waals surface area (Å²) < 4.78 is 10.6. The first kappa shape index (κ1) is 16.5. The van der Waals surface area contributed by atoms with Gasteiger partial charge in [0.05, 0.1) is 0 Å². The van der Waals surface area contributed by atoms with Crippen LogP contribution in [0.1, 0.15) is 11.1 Å². The molecule has 1 aliphatic rings. The summed E-state index contributed by atoms with van der Waals surface area (Å²) >= 11 is 5.86. The summed E-state index contributed by atoms with van der Waals surface area (Å²) in [7, 11) is 0. The first-order chi connectivity index (χ1) is 12.6. The SMILES string of the molecule is O=c1c(NCc2ccc(Cl)cc2)c(NCc2ccc3c(c2)OCO3)c1=O. The minimum absolute atomic E-state index is 0.211. The Hall–Kier alpha value is -2.99. The maximum Gasteiger partial charge on any atom is 0.253 e. The van der Waals surface area contributed by atoms with Crippen molar-refractivity contribution in [2.75, 3.05) is 17.4 Å². The van der Waals surface area contributed by atoms with Gasteiger partial charge in [0.15, 0.2) is 11.5 Å². The van der Waals surface area contributed by atoms with Crippen LogP contribution in [0.3, 0.4) is 0 Å². The molecule has 0 aliphatic carbocycles. The highest BCUT2D eigenvalue weighted by molar-refractivity contribution is 6.30. The molecule has 0 spiro atoms. The van der Waals surface area contributed by atoms with Gasteiger partial charge in [-0.25, -0.2) is 0 Å². The number of benzene rings is 2. The molecule has 3 aromatic carbocycles. The molecular weight excluding hydrogens is 356 g/mol. The number of anilines is 2. The molecule has 0 radical (unpaired) electrons. The zero-order valence-electron chi connectivity index (χ0n) is 13.7. The molecule has 0 amide bonds. The molecule has 1 heterocycles. The predicted molar refractivity (Wildman–Crippen MR) is 100 cm³/mol. The standard InChI is InChI=1S/C19H15ClN2O4/c20-13-4-1-11(2-5-13)8-21-16-17(19(24)18(16)23)22-9-12-3-6-14-15(7-12)26-10-25-14/h1-7,21-22H,8-10H2. The number of hydrogen-bond donors (Lipinski definition) is 2. The van der Waals surface area contributed by atoms with Crippen LogP contribution >= 0.6 is 11.6 Å². The first-order valence-corrected chi connectivity index (χ1v) is 8.43. The van der Waals surface area contributed by atoms with E-state index in [0.29, 0.717) is 41.0 Å². The van der Waals surface area contributed by atoms with E-state index in [9.17, 15) is 9.59 Å². The lowest BCUT2D eigenvalue weighted by Gasteiger charge is -2.15. The van der Waals surface area contributed by atoms with Crippen LogP contribution in [0.5, 0.6) is 11.5 Å². The Balaban J connectivity index is 1.43. The largest absolute Gasteiger partial charge is 0.454 e. The van der Waals surface area contributed by atoms with E-state index in [2.05, 4.69) is 10.6 Å². The number of nitrogens with one attached hydrogen (secondary N) is 2. The Labute approximate surface area is 154 Å². The van der Waals surface area contributed by atoms with Crippen molar-refractivity contribution in [2.45, 2.75) is 13.1 Å². The molecule has 0 unspecified atom stereocenters. The average Bonchev–Trinajstić information content (AvgIpc) is 3.12. The van der Waals surface area contributed by atoms with Crippen molar-refractivity contribution >= 4 is 23.0 Å². The molecule has 132 valence electrons. The summed E-state index contributed by atoms with van der Waals surface area (Å²) in [6, 6.07) is 12.8. The highest BCUT2D eigenvalue weighted by Crippen LogP contribution is 2.32. The van der Waals surface area contributed by atoms with Gasteiger partial charge in [0.2, 0.25) is 6.79 Å². The van der Waals surface area contributed by atoms with Crippen molar-refractivity contribution in [3.05, 3.63) is 79.1 Å². The third kappa shape index (κ3) is 3.11. The van der Waals surface area contributed by atoms with Gasteiger partial charge in [-0.1, -0.05) is 29.8 Å². The summed E-state index contributed by atoms with van der Waals surface area (Å²) in [6.45, 7) is 1.04. The zero-order valence-corrected chi connectivity index (χ0v) is 14.4. The van der Waals surface area contributed by atoms with Gasteiger partial charge >= 0.3 is 0 Å². The fourth-order valence-electron chi connectivity index (χ4n) is 2.76. The first-order valence-electron chi connectivity index (χ1n) is 8.06. The molecule has 6 nitrogen and oxygen atoms in total. The minimum atomic E-state index is -0.510. The van der Waals surface area contributed by atoms with Gasteiger partial charge in [0.1, 0.15) is 11.4 Å². The van der Waals surface area contributed by atoms with Crippen molar-refractivity contribution in [2.24, 2.45) is 0 Å². The van der Waals surface area contributed by atoms with E-state index in [1.54, 1.807) is 12.1 Å². The van der Waals surface area contributed by atoms with E-state index in [0.717, 1.165) is 11.1 Å². The number of fused-ring (bicyclic) bond motifs is 1. The molecule has 2 N–H and O–H groups in total. The molecule has 0 saturated heterocycles. The molecule has 1 aliphatic heterocycles. The van der Waals surface area contributed by atoms with Gasteiger partial charge in [-0.05, 0) is 35.4 Å². The predicted octanol–water partition coefficient (Wildman–Crippen LogP) is 2.89. The summed E-state index contributed by atoms with van der Waals surface area (Å²) in [5.74, 6) is 1.38. The molecule has 0 saturated carbocycles. The molecule has 4 rings (SSSR count).